The van der Waals surface area contributed by atoms with E-state index in [1.54, 1.807) is 6.07 Å². The van der Waals surface area contributed by atoms with Crippen LogP contribution in [0.4, 0.5) is 4.39 Å². The monoisotopic (exact) mass is 427 g/mol. The van der Waals surface area contributed by atoms with E-state index in [1.807, 2.05) is 30.3 Å². The van der Waals surface area contributed by atoms with Crippen molar-refractivity contribution in [2.45, 2.75) is 37.1 Å². The molecule has 0 radical (unpaired) electrons. The Bertz CT molecular complexity index is 1120. The number of nitrogens with zero attached hydrogens (tertiary/aromatic N) is 2. The van der Waals surface area contributed by atoms with Crippen molar-refractivity contribution in [3.63, 3.8) is 0 Å². The first-order valence-electron chi connectivity index (χ1n) is 8.91. The molecule has 2 aromatic carbocycles. The normalized spacial score (nSPS) is 11.3. The lowest BCUT2D eigenvalue weighted by molar-refractivity contribution is 0.590. The minimum atomic E-state index is -0.528. The van der Waals surface area contributed by atoms with Crippen LogP contribution in [0.2, 0.25) is 5.02 Å². The van der Waals surface area contributed by atoms with Crippen LogP contribution in [0.5, 0.6) is 0 Å². The molecule has 3 rings (SSSR count). The fraction of sp³-hybridized carbons (Fsp3) is 0.227. The van der Waals surface area contributed by atoms with Gasteiger partial charge < -0.3 is 4.98 Å². The van der Waals surface area contributed by atoms with Crippen LogP contribution >= 0.6 is 23.4 Å². The van der Waals surface area contributed by atoms with Gasteiger partial charge in [0.2, 0.25) is 0 Å². The Morgan fingerprint density at radius 2 is 1.90 bits per heavy atom. The lowest BCUT2D eigenvalue weighted by Gasteiger charge is -2.19. The fourth-order valence-electron chi connectivity index (χ4n) is 2.77. The van der Waals surface area contributed by atoms with E-state index in [9.17, 15) is 14.4 Å². The van der Waals surface area contributed by atoms with Crippen molar-refractivity contribution in [3.8, 4) is 17.3 Å². The molecule has 0 atom stereocenters. The Kier molecular flexibility index (Phi) is 6.11. The maximum absolute atomic E-state index is 14.0. The van der Waals surface area contributed by atoms with Crippen molar-refractivity contribution >= 4 is 23.4 Å². The Labute approximate surface area is 177 Å². The van der Waals surface area contributed by atoms with Crippen LogP contribution in [-0.4, -0.2) is 9.97 Å². The van der Waals surface area contributed by atoms with Crippen molar-refractivity contribution in [1.82, 2.24) is 9.97 Å². The predicted octanol–water partition coefficient (Wildman–Crippen LogP) is 5.69. The van der Waals surface area contributed by atoms with Gasteiger partial charge in [-0.15, -0.1) is 0 Å². The van der Waals surface area contributed by atoms with Crippen LogP contribution in [0.1, 0.15) is 37.5 Å². The summed E-state index contributed by atoms with van der Waals surface area (Å²) in [5, 5.41) is 10.0. The van der Waals surface area contributed by atoms with Gasteiger partial charge in [0.15, 0.2) is 5.16 Å². The number of hydrogen-bond acceptors (Lipinski definition) is 4. The summed E-state index contributed by atoms with van der Waals surface area (Å²) in [4.78, 5) is 19.5. The molecule has 29 heavy (non-hydrogen) atoms. The highest BCUT2D eigenvalue weighted by Gasteiger charge is 2.17. The number of halogens is 2. The van der Waals surface area contributed by atoms with Crippen molar-refractivity contribution in [1.29, 1.82) is 5.26 Å². The third-order valence-corrected chi connectivity index (χ3v) is 5.70. The second-order valence-electron chi connectivity index (χ2n) is 7.52. The Balaban J connectivity index is 1.97. The zero-order valence-corrected chi connectivity index (χ0v) is 17.8. The zero-order valence-electron chi connectivity index (χ0n) is 16.2. The number of aromatic nitrogens is 2. The Hall–Kier alpha value is -2.62. The molecule has 0 aliphatic rings. The van der Waals surface area contributed by atoms with Crippen LogP contribution in [0, 0.1) is 17.1 Å². The van der Waals surface area contributed by atoms with Gasteiger partial charge in [0, 0.05) is 21.9 Å². The van der Waals surface area contributed by atoms with Crippen LogP contribution < -0.4 is 5.56 Å². The molecular formula is C22H19ClFN3OS. The molecular weight excluding hydrogens is 409 g/mol. The van der Waals surface area contributed by atoms with Gasteiger partial charge in [-0.1, -0.05) is 74.5 Å². The third kappa shape index (κ3) is 4.69. The highest BCUT2D eigenvalue weighted by Crippen LogP contribution is 2.29. The summed E-state index contributed by atoms with van der Waals surface area (Å²) in [5.41, 5.74) is 1.85. The molecule has 0 saturated carbocycles. The van der Waals surface area contributed by atoms with Crippen LogP contribution in [0.3, 0.4) is 0 Å². The molecule has 0 aliphatic heterocycles. The smallest absolute Gasteiger partial charge is 0.270 e. The minimum absolute atomic E-state index is 0.0157. The highest BCUT2D eigenvalue weighted by atomic mass is 35.5. The first-order chi connectivity index (χ1) is 13.7. The van der Waals surface area contributed by atoms with E-state index in [2.05, 4.69) is 30.7 Å². The van der Waals surface area contributed by atoms with Gasteiger partial charge in [-0.25, -0.2) is 9.37 Å². The summed E-state index contributed by atoms with van der Waals surface area (Å²) in [5.74, 6) is -0.220. The number of nitriles is 1. The zero-order chi connectivity index (χ0) is 21.2. The van der Waals surface area contributed by atoms with Gasteiger partial charge in [-0.2, -0.15) is 5.26 Å². The van der Waals surface area contributed by atoms with E-state index in [-0.39, 0.29) is 16.7 Å². The number of hydrogen-bond donors (Lipinski definition) is 1. The number of nitrogens with one attached hydrogen (secondary N) is 1. The van der Waals surface area contributed by atoms with E-state index < -0.39 is 11.4 Å². The summed E-state index contributed by atoms with van der Waals surface area (Å²) in [6, 6.07) is 14.0. The van der Waals surface area contributed by atoms with Gasteiger partial charge in [0.05, 0.1) is 5.69 Å². The SMILES string of the molecule is CC(C)(C)c1ccc(-c2nc(SCc3c(F)cccc3Cl)[nH]c(=O)c2C#N)cc1. The van der Waals surface area contributed by atoms with Gasteiger partial charge in [0.25, 0.3) is 5.56 Å². The van der Waals surface area contributed by atoms with Crippen molar-refractivity contribution in [3.05, 3.63) is 80.3 Å². The molecule has 0 spiro atoms. The van der Waals surface area contributed by atoms with Crippen LogP contribution in [0.25, 0.3) is 11.3 Å². The predicted molar refractivity (Wildman–Crippen MR) is 115 cm³/mol. The molecule has 1 heterocycles. The largest absolute Gasteiger partial charge is 0.300 e. The average Bonchev–Trinajstić information content (AvgIpc) is 2.66. The molecule has 1 aromatic heterocycles. The molecule has 3 aromatic rings. The number of rotatable bonds is 4. The molecule has 0 saturated heterocycles. The molecule has 0 unspecified atom stereocenters. The first kappa shape index (κ1) is 21.1. The van der Waals surface area contributed by atoms with E-state index in [1.165, 1.54) is 12.1 Å². The first-order valence-corrected chi connectivity index (χ1v) is 10.3. The maximum Gasteiger partial charge on any atom is 0.270 e. The Morgan fingerprint density at radius 3 is 2.48 bits per heavy atom. The Morgan fingerprint density at radius 1 is 1.21 bits per heavy atom. The second kappa shape index (κ2) is 8.40. The lowest BCUT2D eigenvalue weighted by atomic mass is 9.86. The van der Waals surface area contributed by atoms with Crippen molar-refractivity contribution in [2.24, 2.45) is 0 Å². The van der Waals surface area contributed by atoms with Gasteiger partial charge in [-0.05, 0) is 23.1 Å². The summed E-state index contributed by atoms with van der Waals surface area (Å²) < 4.78 is 14.0. The highest BCUT2D eigenvalue weighted by molar-refractivity contribution is 7.98. The van der Waals surface area contributed by atoms with E-state index in [0.29, 0.717) is 27.0 Å². The second-order valence-corrected chi connectivity index (χ2v) is 8.89. The van der Waals surface area contributed by atoms with Gasteiger partial charge >= 0.3 is 0 Å². The molecule has 7 heteroatoms. The quantitative estimate of drug-likeness (QED) is 0.429. The molecule has 148 valence electrons. The topological polar surface area (TPSA) is 69.5 Å². The molecule has 0 fully saturated rings. The van der Waals surface area contributed by atoms with Crippen LogP contribution in [0.15, 0.2) is 52.4 Å². The third-order valence-electron chi connectivity index (χ3n) is 4.45. The molecule has 0 bridgehead atoms. The van der Waals surface area contributed by atoms with Gasteiger partial charge in [-0.3, -0.25) is 4.79 Å². The number of H-pyrrole nitrogens is 1. The fourth-order valence-corrected chi connectivity index (χ4v) is 3.98. The summed E-state index contributed by atoms with van der Waals surface area (Å²) >= 11 is 7.22. The number of benzene rings is 2. The summed E-state index contributed by atoms with van der Waals surface area (Å²) in [7, 11) is 0. The average molecular weight is 428 g/mol. The van der Waals surface area contributed by atoms with Crippen LogP contribution in [-0.2, 0) is 11.2 Å². The summed E-state index contributed by atoms with van der Waals surface area (Å²) in [6.45, 7) is 6.32. The standard InChI is InChI=1S/C22H19ClFN3OS/c1-22(2,3)14-9-7-13(8-10-14)19-15(11-25)20(28)27-21(26-19)29-12-16-17(23)5-4-6-18(16)24/h4-10H,12H2,1-3H3,(H,26,27,28). The molecule has 1 N–H and O–H groups in total. The van der Waals surface area contributed by atoms with Crippen molar-refractivity contribution in [2.75, 3.05) is 0 Å². The van der Waals surface area contributed by atoms with Gasteiger partial charge in [0.1, 0.15) is 17.4 Å². The van der Waals surface area contributed by atoms with E-state index >= 15 is 0 Å². The van der Waals surface area contributed by atoms with Crippen molar-refractivity contribution < 1.29 is 4.39 Å². The molecule has 4 nitrogen and oxygen atoms in total. The maximum atomic E-state index is 14.0. The molecule has 0 amide bonds. The molecule has 0 aliphatic carbocycles. The van der Waals surface area contributed by atoms with E-state index in [0.717, 1.165) is 17.3 Å². The lowest BCUT2D eigenvalue weighted by Crippen LogP contribution is -2.15. The number of aromatic amines is 1. The summed E-state index contributed by atoms with van der Waals surface area (Å²) in [6.07, 6.45) is 0. The number of thioether (sulfide) groups is 1. The van der Waals surface area contributed by atoms with E-state index in [4.69, 9.17) is 11.6 Å². The minimum Gasteiger partial charge on any atom is -0.300 e.